The zero-order valence-corrected chi connectivity index (χ0v) is 11.9. The second-order valence-electron chi connectivity index (χ2n) is 5.66. The zero-order chi connectivity index (χ0) is 16.5. The summed E-state index contributed by atoms with van der Waals surface area (Å²) in [6.45, 7) is 0.487. The lowest BCUT2D eigenvalue weighted by Crippen LogP contribution is -2.53. The molecule has 0 bridgehead atoms. The number of alkyl halides is 3. The summed E-state index contributed by atoms with van der Waals surface area (Å²) < 4.78 is 37.7. The van der Waals surface area contributed by atoms with E-state index in [9.17, 15) is 27.6 Å². The maximum Gasteiger partial charge on any atom is 0.471 e. The van der Waals surface area contributed by atoms with Gasteiger partial charge >= 0.3 is 12.1 Å². The van der Waals surface area contributed by atoms with Crippen LogP contribution in [0.15, 0.2) is 0 Å². The van der Waals surface area contributed by atoms with E-state index in [1.807, 2.05) is 0 Å². The summed E-state index contributed by atoms with van der Waals surface area (Å²) in [7, 11) is 0. The van der Waals surface area contributed by atoms with Gasteiger partial charge in [0.2, 0.25) is 11.8 Å². The fourth-order valence-electron chi connectivity index (χ4n) is 3.02. The Bertz CT molecular complexity index is 473. The Morgan fingerprint density at radius 3 is 2.09 bits per heavy atom. The van der Waals surface area contributed by atoms with Crippen molar-refractivity contribution in [1.29, 1.82) is 0 Å². The molecule has 1 unspecified atom stereocenters. The van der Waals surface area contributed by atoms with Crippen molar-refractivity contribution in [2.75, 3.05) is 19.6 Å². The van der Waals surface area contributed by atoms with Crippen LogP contribution in [0.1, 0.15) is 25.7 Å². The van der Waals surface area contributed by atoms with Crippen LogP contribution in [0.4, 0.5) is 13.2 Å². The number of carbonyl (C=O) groups excluding carboxylic acids is 3. The van der Waals surface area contributed by atoms with Crippen molar-refractivity contribution < 1.29 is 27.6 Å². The van der Waals surface area contributed by atoms with E-state index >= 15 is 0 Å². The molecule has 1 atom stereocenters. The lowest BCUT2D eigenvalue weighted by Gasteiger charge is -2.34. The van der Waals surface area contributed by atoms with Gasteiger partial charge in [-0.3, -0.25) is 14.4 Å². The van der Waals surface area contributed by atoms with Crippen molar-refractivity contribution >= 4 is 17.7 Å². The fourth-order valence-corrected chi connectivity index (χ4v) is 3.02. The summed E-state index contributed by atoms with van der Waals surface area (Å²) in [6, 6.07) is -1.06. The summed E-state index contributed by atoms with van der Waals surface area (Å²) in [4.78, 5) is 36.9. The molecule has 22 heavy (non-hydrogen) atoms. The number of halogens is 3. The molecule has 0 aromatic rings. The molecule has 2 N–H and O–H groups in total. The van der Waals surface area contributed by atoms with Crippen molar-refractivity contribution in [3.8, 4) is 0 Å². The third kappa shape index (κ3) is 3.33. The minimum absolute atomic E-state index is 0.0630. The number of amides is 3. The van der Waals surface area contributed by atoms with Crippen LogP contribution in [0.25, 0.3) is 0 Å². The molecule has 0 aromatic heterocycles. The Morgan fingerprint density at radius 1 is 1.00 bits per heavy atom. The highest BCUT2D eigenvalue weighted by molar-refractivity contribution is 5.90. The molecule has 2 fully saturated rings. The fraction of sp³-hybridized carbons (Fsp3) is 0.769. The summed E-state index contributed by atoms with van der Waals surface area (Å²) in [5.74, 6) is -3.17. The minimum atomic E-state index is -4.97. The summed E-state index contributed by atoms with van der Waals surface area (Å²) in [5.41, 5.74) is 5.20. The Morgan fingerprint density at radius 2 is 1.59 bits per heavy atom. The predicted molar refractivity (Wildman–Crippen MR) is 69.3 cm³/mol. The number of carbonyl (C=O) groups is 3. The predicted octanol–water partition coefficient (Wildman–Crippen LogP) is 0.264. The second-order valence-corrected chi connectivity index (χ2v) is 5.66. The van der Waals surface area contributed by atoms with Crippen LogP contribution in [-0.4, -0.2) is 59.4 Å². The average Bonchev–Trinajstić information content (AvgIpc) is 2.93. The number of hydrogen-bond donors (Lipinski definition) is 1. The molecule has 2 saturated heterocycles. The van der Waals surface area contributed by atoms with E-state index in [1.54, 1.807) is 0 Å². The van der Waals surface area contributed by atoms with Crippen molar-refractivity contribution in [1.82, 2.24) is 9.80 Å². The maximum absolute atomic E-state index is 12.6. The molecular weight excluding hydrogens is 303 g/mol. The first kappa shape index (κ1) is 16.6. The van der Waals surface area contributed by atoms with Gasteiger partial charge in [-0.25, -0.2) is 0 Å². The van der Waals surface area contributed by atoms with E-state index in [0.29, 0.717) is 24.2 Å². The number of nitrogens with two attached hydrogens (primary N) is 1. The van der Waals surface area contributed by atoms with Crippen LogP contribution in [0.5, 0.6) is 0 Å². The molecule has 3 amide bonds. The molecule has 6 nitrogen and oxygen atoms in total. The van der Waals surface area contributed by atoms with E-state index in [-0.39, 0.29) is 32.0 Å². The Labute approximate surface area is 125 Å². The van der Waals surface area contributed by atoms with Crippen molar-refractivity contribution in [3.05, 3.63) is 0 Å². The second kappa shape index (κ2) is 6.13. The molecule has 0 aromatic carbocycles. The summed E-state index contributed by atoms with van der Waals surface area (Å²) in [6.07, 6.45) is -3.56. The monoisotopic (exact) mass is 321 g/mol. The largest absolute Gasteiger partial charge is 0.471 e. The van der Waals surface area contributed by atoms with Crippen LogP contribution in [0, 0.1) is 5.92 Å². The molecule has 0 spiro atoms. The van der Waals surface area contributed by atoms with Gasteiger partial charge in [-0.1, -0.05) is 0 Å². The number of piperidine rings is 1. The number of hydrogen-bond acceptors (Lipinski definition) is 3. The molecule has 9 heteroatoms. The SMILES string of the molecule is NC(=O)C1CCN(C(=O)C2CCCN2C(=O)C(F)(F)F)CC1. The van der Waals surface area contributed by atoms with Crippen molar-refractivity contribution in [2.24, 2.45) is 11.7 Å². The smallest absolute Gasteiger partial charge is 0.369 e. The van der Waals surface area contributed by atoms with Crippen molar-refractivity contribution in [2.45, 2.75) is 37.9 Å². The first-order valence-corrected chi connectivity index (χ1v) is 7.17. The van der Waals surface area contributed by atoms with Gasteiger partial charge < -0.3 is 15.5 Å². The topological polar surface area (TPSA) is 83.7 Å². The highest BCUT2D eigenvalue weighted by atomic mass is 19.4. The highest BCUT2D eigenvalue weighted by Crippen LogP contribution is 2.28. The molecular formula is C13H18F3N3O3. The van der Waals surface area contributed by atoms with E-state index in [0.717, 1.165) is 0 Å². The van der Waals surface area contributed by atoms with Gasteiger partial charge in [-0.05, 0) is 25.7 Å². The van der Waals surface area contributed by atoms with Gasteiger partial charge in [-0.15, -0.1) is 0 Å². The van der Waals surface area contributed by atoms with Crippen LogP contribution in [0.3, 0.4) is 0 Å². The maximum atomic E-state index is 12.6. The van der Waals surface area contributed by atoms with Crippen LogP contribution in [0.2, 0.25) is 0 Å². The molecule has 2 aliphatic heterocycles. The number of nitrogens with zero attached hydrogens (tertiary/aromatic N) is 2. The van der Waals surface area contributed by atoms with E-state index in [1.165, 1.54) is 4.90 Å². The minimum Gasteiger partial charge on any atom is -0.369 e. The van der Waals surface area contributed by atoms with E-state index in [4.69, 9.17) is 5.73 Å². The van der Waals surface area contributed by atoms with Gasteiger partial charge in [0.25, 0.3) is 0 Å². The van der Waals surface area contributed by atoms with Gasteiger partial charge in [0.05, 0.1) is 0 Å². The number of rotatable bonds is 2. The zero-order valence-electron chi connectivity index (χ0n) is 11.9. The standard InChI is InChI=1S/C13H18F3N3O3/c14-13(15,16)12(22)19-5-1-2-9(19)11(21)18-6-3-8(4-7-18)10(17)20/h8-9H,1-7H2,(H2,17,20). The first-order valence-electron chi connectivity index (χ1n) is 7.17. The van der Waals surface area contributed by atoms with Crippen LogP contribution < -0.4 is 5.73 Å². The Hall–Kier alpha value is -1.80. The molecule has 2 aliphatic rings. The lowest BCUT2D eigenvalue weighted by molar-refractivity contribution is -0.187. The van der Waals surface area contributed by atoms with E-state index in [2.05, 4.69) is 0 Å². The van der Waals surface area contributed by atoms with Crippen LogP contribution in [-0.2, 0) is 14.4 Å². The Balaban J connectivity index is 2.00. The average molecular weight is 321 g/mol. The lowest BCUT2D eigenvalue weighted by atomic mass is 9.95. The van der Waals surface area contributed by atoms with Crippen LogP contribution >= 0.6 is 0 Å². The van der Waals surface area contributed by atoms with Gasteiger partial charge in [0.15, 0.2) is 0 Å². The molecule has 2 heterocycles. The number of primary amides is 1. The molecule has 124 valence electrons. The molecule has 0 saturated carbocycles. The quantitative estimate of drug-likeness (QED) is 0.792. The highest BCUT2D eigenvalue weighted by Gasteiger charge is 2.48. The third-order valence-electron chi connectivity index (χ3n) is 4.25. The number of likely N-dealkylation sites (tertiary alicyclic amines) is 2. The third-order valence-corrected chi connectivity index (χ3v) is 4.25. The summed E-state index contributed by atoms with van der Waals surface area (Å²) >= 11 is 0. The van der Waals surface area contributed by atoms with Gasteiger partial charge in [0, 0.05) is 25.6 Å². The molecule has 2 rings (SSSR count). The normalized spacial score (nSPS) is 23.7. The Kier molecular flexibility index (Phi) is 4.62. The molecule has 0 radical (unpaired) electrons. The first-order chi connectivity index (χ1) is 10.2. The van der Waals surface area contributed by atoms with Crippen molar-refractivity contribution in [3.63, 3.8) is 0 Å². The van der Waals surface area contributed by atoms with E-state index < -0.39 is 29.9 Å². The molecule has 0 aliphatic carbocycles. The van der Waals surface area contributed by atoms with Gasteiger partial charge in [-0.2, -0.15) is 13.2 Å². The summed E-state index contributed by atoms with van der Waals surface area (Å²) in [5, 5.41) is 0. The van der Waals surface area contributed by atoms with Gasteiger partial charge in [0.1, 0.15) is 6.04 Å².